The average molecular weight is 346 g/mol. The molecule has 5 heteroatoms. The smallest absolute Gasteiger partial charge is 0.197 e. The molecule has 2 aromatic carbocycles. The van der Waals surface area contributed by atoms with Gasteiger partial charge in [0, 0.05) is 5.39 Å². The zero-order valence-electron chi connectivity index (χ0n) is 12.7. The lowest BCUT2D eigenvalue weighted by Gasteiger charge is -2.13. The van der Waals surface area contributed by atoms with Crippen LogP contribution >= 0.6 is 11.6 Å². The number of hydrogen-bond acceptors (Lipinski definition) is 2. The molecule has 0 atom stereocenters. The van der Waals surface area contributed by atoms with Gasteiger partial charge in [-0.2, -0.15) is 0 Å². The number of hydrogen-bond donors (Lipinski definition) is 0. The maximum absolute atomic E-state index is 12.6. The van der Waals surface area contributed by atoms with E-state index in [0.717, 1.165) is 16.5 Å². The molecule has 0 bridgehead atoms. The second-order valence-corrected chi connectivity index (χ2v) is 7.79. The molecule has 0 aliphatic rings. The van der Waals surface area contributed by atoms with Gasteiger partial charge >= 0.3 is 0 Å². The Morgan fingerprint density at radius 3 is 2.61 bits per heavy atom. The summed E-state index contributed by atoms with van der Waals surface area (Å²) in [6, 6.07) is 14.8. The van der Waals surface area contributed by atoms with Crippen LogP contribution in [0.25, 0.3) is 16.6 Å². The lowest BCUT2D eigenvalue weighted by atomic mass is 10.2. The first-order chi connectivity index (χ1) is 10.9. The van der Waals surface area contributed by atoms with Crippen molar-refractivity contribution >= 4 is 32.3 Å². The van der Waals surface area contributed by atoms with E-state index in [1.54, 1.807) is 10.6 Å². The van der Waals surface area contributed by atoms with E-state index < -0.39 is 9.84 Å². The lowest BCUT2D eigenvalue weighted by Crippen LogP contribution is -2.11. The van der Waals surface area contributed by atoms with E-state index in [-0.39, 0.29) is 10.8 Å². The molecule has 0 aliphatic heterocycles. The largest absolute Gasteiger partial charge is 0.299 e. The van der Waals surface area contributed by atoms with E-state index in [1.165, 1.54) is 6.08 Å². The number of para-hydroxylation sites is 1. The Labute approximate surface area is 140 Å². The Hall–Kier alpha value is -2.04. The second kappa shape index (κ2) is 5.87. The van der Waals surface area contributed by atoms with Gasteiger partial charge < -0.3 is 0 Å². The van der Waals surface area contributed by atoms with E-state index in [1.807, 2.05) is 49.4 Å². The minimum Gasteiger partial charge on any atom is -0.299 e. The summed E-state index contributed by atoms with van der Waals surface area (Å²) in [5.41, 5.74) is 2.48. The highest BCUT2D eigenvalue weighted by molar-refractivity contribution is 7.91. The topological polar surface area (TPSA) is 39.1 Å². The highest BCUT2D eigenvalue weighted by Gasteiger charge is 2.22. The first-order valence-corrected chi connectivity index (χ1v) is 9.18. The number of benzene rings is 2. The maximum Gasteiger partial charge on any atom is 0.197 e. The number of halogens is 1. The van der Waals surface area contributed by atoms with Crippen LogP contribution in [0.3, 0.4) is 0 Å². The Morgan fingerprint density at radius 2 is 1.91 bits per heavy atom. The molecule has 0 saturated carbocycles. The maximum atomic E-state index is 12.6. The van der Waals surface area contributed by atoms with Gasteiger partial charge in [0.15, 0.2) is 9.84 Å². The standard InChI is InChI=1S/C18H16ClNO2S/c1-3-10-23(21,22)18-12-14-6-4-5-7-16(14)20(18)17-9-8-13(2)11-15(17)19/h3-9,11-12H,1,10H2,2H3. The minimum absolute atomic E-state index is 0.118. The fourth-order valence-electron chi connectivity index (χ4n) is 2.64. The molecule has 0 amide bonds. The van der Waals surface area contributed by atoms with Crippen molar-refractivity contribution in [3.8, 4) is 5.69 Å². The number of aromatic nitrogens is 1. The zero-order valence-corrected chi connectivity index (χ0v) is 14.2. The summed E-state index contributed by atoms with van der Waals surface area (Å²) in [6.07, 6.45) is 1.40. The van der Waals surface area contributed by atoms with E-state index in [0.29, 0.717) is 10.7 Å². The van der Waals surface area contributed by atoms with Gasteiger partial charge in [-0.1, -0.05) is 41.9 Å². The molecule has 0 spiro atoms. The summed E-state index contributed by atoms with van der Waals surface area (Å²) in [4.78, 5) is 0. The Morgan fingerprint density at radius 1 is 1.17 bits per heavy atom. The second-order valence-electron chi connectivity index (χ2n) is 5.40. The molecule has 3 nitrogen and oxygen atoms in total. The minimum atomic E-state index is -3.49. The molecule has 1 aromatic heterocycles. The molecular formula is C18H16ClNO2S. The van der Waals surface area contributed by atoms with E-state index in [9.17, 15) is 8.42 Å². The molecule has 0 radical (unpaired) electrons. The van der Waals surface area contributed by atoms with Crippen LogP contribution < -0.4 is 0 Å². The average Bonchev–Trinajstić information content (AvgIpc) is 2.88. The third-order valence-electron chi connectivity index (χ3n) is 3.68. The third kappa shape index (κ3) is 2.80. The van der Waals surface area contributed by atoms with Crippen LogP contribution in [0.4, 0.5) is 0 Å². The summed E-state index contributed by atoms with van der Waals surface area (Å²) in [7, 11) is -3.49. The highest BCUT2D eigenvalue weighted by atomic mass is 35.5. The van der Waals surface area contributed by atoms with Crippen molar-refractivity contribution in [3.63, 3.8) is 0 Å². The summed E-state index contributed by atoms with van der Waals surface area (Å²) >= 11 is 6.38. The van der Waals surface area contributed by atoms with Crippen LogP contribution in [-0.2, 0) is 9.84 Å². The molecule has 1 heterocycles. The first kappa shape index (κ1) is 15.8. The summed E-state index contributed by atoms with van der Waals surface area (Å²) in [5, 5.41) is 1.59. The normalized spacial score (nSPS) is 11.7. The van der Waals surface area contributed by atoms with Crippen LogP contribution in [0, 0.1) is 6.92 Å². The molecule has 0 aliphatic carbocycles. The number of rotatable bonds is 4. The van der Waals surface area contributed by atoms with Crippen molar-refractivity contribution < 1.29 is 8.42 Å². The van der Waals surface area contributed by atoms with E-state index in [2.05, 4.69) is 6.58 Å². The Bertz CT molecular complexity index is 1000. The lowest BCUT2D eigenvalue weighted by molar-refractivity contribution is 0.593. The van der Waals surface area contributed by atoms with E-state index >= 15 is 0 Å². The SMILES string of the molecule is C=CCS(=O)(=O)c1cc2ccccc2n1-c1ccc(C)cc1Cl. The van der Waals surface area contributed by atoms with Crippen LogP contribution in [-0.4, -0.2) is 18.7 Å². The van der Waals surface area contributed by atoms with Gasteiger partial charge in [-0.05, 0) is 36.8 Å². The van der Waals surface area contributed by atoms with Crippen molar-refractivity contribution in [2.45, 2.75) is 11.9 Å². The molecule has 23 heavy (non-hydrogen) atoms. The Kier molecular flexibility index (Phi) is 4.04. The van der Waals surface area contributed by atoms with Crippen LogP contribution in [0.15, 0.2) is 66.2 Å². The highest BCUT2D eigenvalue weighted by Crippen LogP contribution is 2.32. The molecule has 0 N–H and O–H groups in total. The van der Waals surface area contributed by atoms with Gasteiger partial charge in [-0.3, -0.25) is 4.57 Å². The molecule has 0 saturated heterocycles. The molecular weight excluding hydrogens is 330 g/mol. The quantitative estimate of drug-likeness (QED) is 0.650. The van der Waals surface area contributed by atoms with Crippen molar-refractivity contribution in [1.29, 1.82) is 0 Å². The Balaban J connectivity index is 2.40. The molecule has 0 unspecified atom stereocenters. The van der Waals surface area contributed by atoms with Crippen LogP contribution in [0.2, 0.25) is 5.02 Å². The summed E-state index contributed by atoms with van der Waals surface area (Å²) in [5.74, 6) is -0.118. The number of fused-ring (bicyclic) bond motifs is 1. The molecule has 118 valence electrons. The number of aryl methyl sites for hydroxylation is 1. The van der Waals surface area contributed by atoms with Gasteiger partial charge in [0.05, 0.1) is 22.0 Å². The van der Waals surface area contributed by atoms with Crippen molar-refractivity contribution in [1.82, 2.24) is 4.57 Å². The molecule has 0 fully saturated rings. The summed E-state index contributed by atoms with van der Waals surface area (Å²) in [6.45, 7) is 5.49. The van der Waals surface area contributed by atoms with Crippen LogP contribution in [0.1, 0.15) is 5.56 Å². The van der Waals surface area contributed by atoms with Gasteiger partial charge in [0.1, 0.15) is 5.03 Å². The monoisotopic (exact) mass is 345 g/mol. The fourth-order valence-corrected chi connectivity index (χ4v) is 4.22. The van der Waals surface area contributed by atoms with Crippen LogP contribution in [0.5, 0.6) is 0 Å². The molecule has 3 rings (SSSR count). The van der Waals surface area contributed by atoms with Crippen molar-refractivity contribution in [2.24, 2.45) is 0 Å². The summed E-state index contributed by atoms with van der Waals surface area (Å²) < 4.78 is 27.0. The van der Waals surface area contributed by atoms with Gasteiger partial charge in [0.2, 0.25) is 0 Å². The third-order valence-corrected chi connectivity index (χ3v) is 5.59. The number of sulfone groups is 1. The predicted octanol–water partition coefficient (Wildman–Crippen LogP) is 4.55. The van der Waals surface area contributed by atoms with Crippen molar-refractivity contribution in [3.05, 3.63) is 71.8 Å². The van der Waals surface area contributed by atoms with Crippen molar-refractivity contribution in [2.75, 3.05) is 5.75 Å². The molecule has 3 aromatic rings. The number of nitrogens with zero attached hydrogens (tertiary/aromatic N) is 1. The van der Waals surface area contributed by atoms with Gasteiger partial charge in [-0.25, -0.2) is 8.42 Å². The first-order valence-electron chi connectivity index (χ1n) is 7.15. The van der Waals surface area contributed by atoms with Gasteiger partial charge in [-0.15, -0.1) is 6.58 Å². The zero-order chi connectivity index (χ0) is 16.6. The van der Waals surface area contributed by atoms with Gasteiger partial charge in [0.25, 0.3) is 0 Å². The predicted molar refractivity (Wildman–Crippen MR) is 95.3 cm³/mol. The fraction of sp³-hybridized carbons (Fsp3) is 0.111. The van der Waals surface area contributed by atoms with E-state index in [4.69, 9.17) is 11.6 Å².